The predicted octanol–water partition coefficient (Wildman–Crippen LogP) is 4.00. The van der Waals surface area contributed by atoms with Crippen LogP contribution in [0.15, 0.2) is 36.5 Å². The van der Waals surface area contributed by atoms with Crippen LogP contribution in [0.5, 0.6) is 0 Å². The summed E-state index contributed by atoms with van der Waals surface area (Å²) < 4.78 is 2.52. The Morgan fingerprint density at radius 1 is 1.14 bits per heavy atom. The van der Waals surface area contributed by atoms with Crippen molar-refractivity contribution in [1.29, 1.82) is 0 Å². The third-order valence-corrected chi connectivity index (χ3v) is 5.31. The summed E-state index contributed by atoms with van der Waals surface area (Å²) in [6, 6.07) is 11.9. The van der Waals surface area contributed by atoms with E-state index in [2.05, 4.69) is 54.9 Å². The summed E-state index contributed by atoms with van der Waals surface area (Å²) in [5.41, 5.74) is 12.6. The van der Waals surface area contributed by atoms with Gasteiger partial charge in [-0.1, -0.05) is 38.1 Å². The fourth-order valence-electron chi connectivity index (χ4n) is 4.37. The first-order chi connectivity index (χ1) is 10.1. The lowest BCUT2D eigenvalue weighted by Crippen LogP contribution is -2.31. The molecule has 4 rings (SSSR count). The second-order valence-corrected chi connectivity index (χ2v) is 7.53. The van der Waals surface area contributed by atoms with Crippen LogP contribution in [0.4, 0.5) is 0 Å². The number of benzene rings is 1. The van der Waals surface area contributed by atoms with Crippen molar-refractivity contribution in [3.05, 3.63) is 58.9 Å². The zero-order valence-electron chi connectivity index (χ0n) is 13.0. The molecule has 110 valence electrons. The second kappa shape index (κ2) is 4.48. The Hall–Kier alpha value is -1.54. The van der Waals surface area contributed by atoms with Gasteiger partial charge < -0.3 is 10.3 Å². The van der Waals surface area contributed by atoms with Crippen molar-refractivity contribution in [3.8, 4) is 0 Å². The Kier molecular flexibility index (Phi) is 2.80. The summed E-state index contributed by atoms with van der Waals surface area (Å²) >= 11 is 0. The van der Waals surface area contributed by atoms with E-state index in [-0.39, 0.29) is 6.04 Å². The Balaban J connectivity index is 1.79. The molecular formula is C19H24N2. The summed E-state index contributed by atoms with van der Waals surface area (Å²) in [7, 11) is 0. The molecule has 21 heavy (non-hydrogen) atoms. The molecule has 2 unspecified atom stereocenters. The van der Waals surface area contributed by atoms with Gasteiger partial charge in [0.1, 0.15) is 0 Å². The van der Waals surface area contributed by atoms with E-state index in [9.17, 15) is 0 Å². The molecule has 2 aliphatic rings. The predicted molar refractivity (Wildman–Crippen MR) is 86.4 cm³/mol. The minimum atomic E-state index is 0.196. The van der Waals surface area contributed by atoms with Crippen LogP contribution >= 0.6 is 0 Å². The second-order valence-electron chi connectivity index (χ2n) is 7.53. The van der Waals surface area contributed by atoms with Crippen LogP contribution in [0.3, 0.4) is 0 Å². The number of aryl methyl sites for hydroxylation is 1. The van der Waals surface area contributed by atoms with Crippen LogP contribution in [0.25, 0.3) is 0 Å². The first-order valence-electron chi connectivity index (χ1n) is 8.08. The third kappa shape index (κ3) is 2.04. The molecule has 0 spiro atoms. The lowest BCUT2D eigenvalue weighted by Gasteiger charge is -2.35. The molecule has 0 saturated heterocycles. The molecule has 0 saturated carbocycles. The maximum Gasteiger partial charge on any atom is 0.0588 e. The Morgan fingerprint density at radius 2 is 1.95 bits per heavy atom. The van der Waals surface area contributed by atoms with Crippen LogP contribution in [-0.4, -0.2) is 4.57 Å². The zero-order valence-corrected chi connectivity index (χ0v) is 13.0. The average molecular weight is 280 g/mol. The molecule has 1 aromatic heterocycles. The van der Waals surface area contributed by atoms with Crippen LogP contribution in [0, 0.1) is 5.41 Å². The van der Waals surface area contributed by atoms with E-state index < -0.39 is 0 Å². The standard InChI is InChI=1S/C19H24N2/c1-19(2)11-16(20)15-9-10-21(18(15)12-19)17-8-7-13-5-3-4-6-14(13)17/h3-6,9-10,16-17H,7-8,11-12,20H2,1-2H3. The molecule has 2 aliphatic carbocycles. The van der Waals surface area contributed by atoms with Crippen molar-refractivity contribution in [2.24, 2.45) is 11.1 Å². The SMILES string of the molecule is CC1(C)Cc2c(ccn2C2CCc3ccccc32)C(N)C1. The van der Waals surface area contributed by atoms with Gasteiger partial charge >= 0.3 is 0 Å². The molecule has 0 fully saturated rings. The van der Waals surface area contributed by atoms with Gasteiger partial charge in [-0.3, -0.25) is 0 Å². The van der Waals surface area contributed by atoms with E-state index in [1.165, 1.54) is 35.2 Å². The Morgan fingerprint density at radius 3 is 2.81 bits per heavy atom. The van der Waals surface area contributed by atoms with Gasteiger partial charge in [0.2, 0.25) is 0 Å². The number of hydrogen-bond acceptors (Lipinski definition) is 1. The summed E-state index contributed by atoms with van der Waals surface area (Å²) in [4.78, 5) is 0. The molecule has 2 atom stereocenters. The highest BCUT2D eigenvalue weighted by Crippen LogP contribution is 2.43. The Bertz CT molecular complexity index is 681. The maximum atomic E-state index is 6.42. The quantitative estimate of drug-likeness (QED) is 0.841. The minimum Gasteiger partial charge on any atom is -0.344 e. The number of hydrogen-bond donors (Lipinski definition) is 1. The normalized spacial score (nSPS) is 26.4. The molecular weight excluding hydrogens is 256 g/mol. The third-order valence-electron chi connectivity index (χ3n) is 5.31. The van der Waals surface area contributed by atoms with Gasteiger partial charge in [0.25, 0.3) is 0 Å². The summed E-state index contributed by atoms with van der Waals surface area (Å²) in [5.74, 6) is 0. The topological polar surface area (TPSA) is 30.9 Å². The highest BCUT2D eigenvalue weighted by molar-refractivity contribution is 5.38. The van der Waals surface area contributed by atoms with Gasteiger partial charge in [-0.05, 0) is 53.9 Å². The van der Waals surface area contributed by atoms with E-state index in [1.54, 1.807) is 0 Å². The summed E-state index contributed by atoms with van der Waals surface area (Å²) in [6.45, 7) is 4.69. The summed E-state index contributed by atoms with van der Waals surface area (Å²) in [6.07, 6.45) is 6.92. The van der Waals surface area contributed by atoms with Gasteiger partial charge in [0, 0.05) is 17.9 Å². The molecule has 2 N–H and O–H groups in total. The molecule has 0 aliphatic heterocycles. The lowest BCUT2D eigenvalue weighted by atomic mass is 9.74. The molecule has 1 aromatic carbocycles. The highest BCUT2D eigenvalue weighted by Gasteiger charge is 2.34. The number of aromatic nitrogens is 1. The van der Waals surface area contributed by atoms with Crippen molar-refractivity contribution in [3.63, 3.8) is 0 Å². The van der Waals surface area contributed by atoms with Crippen molar-refractivity contribution in [2.75, 3.05) is 0 Å². The number of nitrogens with zero attached hydrogens (tertiary/aromatic N) is 1. The number of fused-ring (bicyclic) bond motifs is 2. The lowest BCUT2D eigenvalue weighted by molar-refractivity contribution is 0.273. The van der Waals surface area contributed by atoms with Gasteiger partial charge in [-0.2, -0.15) is 0 Å². The first kappa shape index (κ1) is 13.1. The van der Waals surface area contributed by atoms with E-state index >= 15 is 0 Å². The molecule has 2 heteroatoms. The van der Waals surface area contributed by atoms with Crippen molar-refractivity contribution >= 4 is 0 Å². The molecule has 0 amide bonds. The Labute approximate surface area is 127 Å². The maximum absolute atomic E-state index is 6.42. The van der Waals surface area contributed by atoms with Crippen molar-refractivity contribution in [2.45, 2.75) is 51.6 Å². The van der Waals surface area contributed by atoms with E-state index in [1.807, 2.05) is 0 Å². The van der Waals surface area contributed by atoms with Crippen molar-refractivity contribution < 1.29 is 0 Å². The molecule has 2 nitrogen and oxygen atoms in total. The highest BCUT2D eigenvalue weighted by atomic mass is 15.0. The van der Waals surface area contributed by atoms with Gasteiger partial charge in [-0.25, -0.2) is 0 Å². The first-order valence-corrected chi connectivity index (χ1v) is 8.08. The van der Waals surface area contributed by atoms with Crippen LogP contribution in [0.2, 0.25) is 0 Å². The monoisotopic (exact) mass is 280 g/mol. The van der Waals surface area contributed by atoms with E-state index in [4.69, 9.17) is 5.73 Å². The van der Waals surface area contributed by atoms with Gasteiger partial charge in [0.15, 0.2) is 0 Å². The fraction of sp³-hybridized carbons (Fsp3) is 0.474. The van der Waals surface area contributed by atoms with Gasteiger partial charge in [-0.15, -0.1) is 0 Å². The van der Waals surface area contributed by atoms with Crippen LogP contribution in [-0.2, 0) is 12.8 Å². The van der Waals surface area contributed by atoms with Crippen LogP contribution < -0.4 is 5.73 Å². The van der Waals surface area contributed by atoms with Gasteiger partial charge in [0.05, 0.1) is 6.04 Å². The number of rotatable bonds is 1. The fourth-order valence-corrected chi connectivity index (χ4v) is 4.37. The average Bonchev–Trinajstić information content (AvgIpc) is 3.00. The largest absolute Gasteiger partial charge is 0.344 e. The smallest absolute Gasteiger partial charge is 0.0588 e. The van der Waals surface area contributed by atoms with Crippen LogP contribution in [0.1, 0.15) is 61.2 Å². The van der Waals surface area contributed by atoms with E-state index in [0.717, 1.165) is 12.8 Å². The molecule has 1 heterocycles. The summed E-state index contributed by atoms with van der Waals surface area (Å²) in [5, 5.41) is 0. The minimum absolute atomic E-state index is 0.196. The number of nitrogens with two attached hydrogens (primary N) is 1. The zero-order chi connectivity index (χ0) is 14.6. The van der Waals surface area contributed by atoms with Crippen molar-refractivity contribution in [1.82, 2.24) is 4.57 Å². The molecule has 2 aromatic rings. The molecule has 0 bridgehead atoms. The van der Waals surface area contributed by atoms with E-state index in [0.29, 0.717) is 11.5 Å². The molecule has 0 radical (unpaired) electrons.